The molecule has 2 saturated heterocycles. The number of halogens is 9. The van der Waals surface area contributed by atoms with Crippen LogP contribution in [0.2, 0.25) is 0 Å². The summed E-state index contributed by atoms with van der Waals surface area (Å²) >= 11 is 0. The van der Waals surface area contributed by atoms with Crippen LogP contribution in [0.1, 0.15) is 18.5 Å². The Morgan fingerprint density at radius 2 is 1.27 bits per heavy atom. The molecule has 2 aliphatic rings. The fourth-order valence-electron chi connectivity index (χ4n) is 4.89. The third kappa shape index (κ3) is 13.8. The third-order valence-corrected chi connectivity index (χ3v) is 6.92. The largest absolute Gasteiger partial charge is 0.490 e. The van der Waals surface area contributed by atoms with Crippen molar-refractivity contribution in [2.24, 2.45) is 11.3 Å². The Morgan fingerprint density at radius 1 is 0.796 bits per heavy atom. The molecule has 2 aromatic rings. The maximum absolute atomic E-state index is 13.3. The molecule has 0 unspecified atom stereocenters. The molecule has 0 radical (unpaired) electrons. The number of carboxylic acid groups (broad SMARTS) is 3. The lowest BCUT2D eigenvalue weighted by molar-refractivity contribution is -0.193. The highest BCUT2D eigenvalue weighted by Gasteiger charge is 2.54. The van der Waals surface area contributed by atoms with Crippen LogP contribution in [0.25, 0.3) is 0 Å². The molecule has 49 heavy (non-hydrogen) atoms. The number of aliphatic carboxylic acids is 3. The van der Waals surface area contributed by atoms with E-state index in [-0.39, 0.29) is 17.2 Å². The molecule has 2 atom stereocenters. The van der Waals surface area contributed by atoms with Gasteiger partial charge in [0.25, 0.3) is 0 Å². The van der Waals surface area contributed by atoms with Gasteiger partial charge < -0.3 is 25.1 Å². The molecular weight excluding hydrogens is 689 g/mol. The zero-order chi connectivity index (χ0) is 37.8. The van der Waals surface area contributed by atoms with Gasteiger partial charge in [0.1, 0.15) is 5.82 Å². The zero-order valence-corrected chi connectivity index (χ0v) is 25.8. The van der Waals surface area contributed by atoms with Crippen molar-refractivity contribution in [3.05, 3.63) is 54.5 Å². The van der Waals surface area contributed by atoms with E-state index in [0.717, 1.165) is 57.1 Å². The number of rotatable bonds is 4. The second-order valence-corrected chi connectivity index (χ2v) is 10.7. The van der Waals surface area contributed by atoms with Gasteiger partial charge in [0.2, 0.25) is 5.91 Å². The normalized spacial score (nSPS) is 19.2. The van der Waals surface area contributed by atoms with Crippen LogP contribution in [0, 0.1) is 11.3 Å². The smallest absolute Gasteiger partial charge is 0.475 e. The molecule has 21 heteroatoms. The van der Waals surface area contributed by atoms with Crippen LogP contribution >= 0.6 is 0 Å². The molecule has 4 rings (SSSR count). The monoisotopic (exact) mass is 721 g/mol. The highest BCUT2D eigenvalue weighted by atomic mass is 19.4. The van der Waals surface area contributed by atoms with Gasteiger partial charge in [-0.2, -0.15) is 39.5 Å². The molecular formula is C28H32F9N5O7. The fourth-order valence-corrected chi connectivity index (χ4v) is 4.89. The predicted octanol–water partition coefficient (Wildman–Crippen LogP) is 4.18. The van der Waals surface area contributed by atoms with E-state index < -0.39 is 36.4 Å². The summed E-state index contributed by atoms with van der Waals surface area (Å²) in [6.07, 6.45) is -9.61. The van der Waals surface area contributed by atoms with Crippen LogP contribution in [0.15, 0.2) is 48.8 Å². The van der Waals surface area contributed by atoms with Gasteiger partial charge in [-0.25, -0.2) is 19.4 Å². The summed E-state index contributed by atoms with van der Waals surface area (Å²) in [6, 6.07) is 12.1. The van der Waals surface area contributed by atoms with Crippen molar-refractivity contribution in [3.63, 3.8) is 0 Å². The van der Waals surface area contributed by atoms with E-state index in [1.165, 1.54) is 0 Å². The first-order chi connectivity index (χ1) is 22.4. The fraction of sp³-hybridized carbons (Fsp3) is 0.500. The molecule has 2 aliphatic heterocycles. The Morgan fingerprint density at radius 3 is 1.65 bits per heavy atom. The van der Waals surface area contributed by atoms with Crippen LogP contribution in [0.3, 0.4) is 0 Å². The van der Waals surface area contributed by atoms with Crippen molar-refractivity contribution < 1.29 is 74.0 Å². The van der Waals surface area contributed by atoms with Crippen LogP contribution < -0.4 is 4.90 Å². The molecule has 2 aromatic heterocycles. The second kappa shape index (κ2) is 17.6. The van der Waals surface area contributed by atoms with Crippen LogP contribution in [0.4, 0.5) is 45.3 Å². The number of pyridine rings is 2. The summed E-state index contributed by atoms with van der Waals surface area (Å²) in [7, 11) is 3.77. The Labute approximate surface area is 272 Å². The van der Waals surface area contributed by atoms with Crippen molar-refractivity contribution in [2.75, 3.05) is 45.2 Å². The summed E-state index contributed by atoms with van der Waals surface area (Å²) in [5, 5.41) is 21.4. The number of hydrogen-bond acceptors (Lipinski definition) is 8. The number of nitrogens with zero attached hydrogens (tertiary/aromatic N) is 5. The average Bonchev–Trinajstić information content (AvgIpc) is 3.27. The number of fused-ring (bicyclic) bond motifs is 1. The SMILES string of the molecule is CN(C)C(=O)[C@]12CCCN(Cc3ccccn3)C[C@H]1CN(c1ccccn1)C2.O=C(O)C(F)(F)F.O=C(O)C(F)(F)F.O=C(O)C(F)(F)F. The van der Waals surface area contributed by atoms with Crippen molar-refractivity contribution in [1.82, 2.24) is 19.8 Å². The number of alkyl halides is 9. The second-order valence-electron chi connectivity index (χ2n) is 10.7. The van der Waals surface area contributed by atoms with E-state index in [4.69, 9.17) is 29.7 Å². The van der Waals surface area contributed by atoms with E-state index >= 15 is 0 Å². The molecule has 274 valence electrons. The minimum Gasteiger partial charge on any atom is -0.475 e. The molecule has 0 saturated carbocycles. The highest BCUT2D eigenvalue weighted by Crippen LogP contribution is 2.45. The number of aromatic nitrogens is 2. The van der Waals surface area contributed by atoms with E-state index in [9.17, 15) is 44.3 Å². The molecule has 0 spiro atoms. The number of likely N-dealkylation sites (tertiary alicyclic amines) is 1. The Hall–Kier alpha value is -4.69. The maximum atomic E-state index is 13.3. The van der Waals surface area contributed by atoms with Gasteiger partial charge in [-0.3, -0.25) is 14.7 Å². The molecule has 1 amide bonds. The molecule has 4 heterocycles. The Balaban J connectivity index is 0.000000467. The van der Waals surface area contributed by atoms with Gasteiger partial charge in [-0.15, -0.1) is 0 Å². The minimum atomic E-state index is -5.08. The minimum absolute atomic E-state index is 0.260. The Kier molecular flexibility index (Phi) is 15.2. The summed E-state index contributed by atoms with van der Waals surface area (Å²) in [5.41, 5.74) is 0.758. The topological polar surface area (TPSA) is 164 Å². The van der Waals surface area contributed by atoms with Gasteiger partial charge in [-0.1, -0.05) is 12.1 Å². The number of carbonyl (C=O) groups is 4. The van der Waals surface area contributed by atoms with Crippen molar-refractivity contribution in [1.29, 1.82) is 0 Å². The lowest BCUT2D eigenvalue weighted by Crippen LogP contribution is -2.47. The van der Waals surface area contributed by atoms with Crippen molar-refractivity contribution >= 4 is 29.6 Å². The Bertz CT molecular complexity index is 1320. The molecule has 2 fully saturated rings. The number of carbonyl (C=O) groups excluding carboxylic acids is 1. The summed E-state index contributed by atoms with van der Waals surface area (Å²) in [4.78, 5) is 55.6. The molecule has 0 bridgehead atoms. The van der Waals surface area contributed by atoms with E-state index in [1.54, 1.807) is 4.90 Å². The number of hydrogen-bond donors (Lipinski definition) is 3. The van der Waals surface area contributed by atoms with E-state index in [1.807, 2.05) is 56.8 Å². The molecule has 0 aromatic carbocycles. The first-order valence-electron chi connectivity index (χ1n) is 13.8. The van der Waals surface area contributed by atoms with Gasteiger partial charge >= 0.3 is 36.4 Å². The molecule has 0 aliphatic carbocycles. The number of anilines is 1. The zero-order valence-electron chi connectivity index (χ0n) is 25.8. The van der Waals surface area contributed by atoms with Gasteiger partial charge in [0.15, 0.2) is 0 Å². The third-order valence-electron chi connectivity index (χ3n) is 6.92. The average molecular weight is 722 g/mol. The summed E-state index contributed by atoms with van der Waals surface area (Å²) in [6.45, 7) is 4.39. The van der Waals surface area contributed by atoms with Crippen LogP contribution in [-0.2, 0) is 25.7 Å². The summed E-state index contributed by atoms with van der Waals surface area (Å²) < 4.78 is 95.2. The number of amides is 1. The van der Waals surface area contributed by atoms with Crippen LogP contribution in [-0.4, -0.2) is 118 Å². The molecule has 12 nitrogen and oxygen atoms in total. The lowest BCUT2D eigenvalue weighted by Gasteiger charge is -2.34. The van der Waals surface area contributed by atoms with Gasteiger partial charge in [-0.05, 0) is 43.7 Å². The van der Waals surface area contributed by atoms with E-state index in [2.05, 4.69) is 25.8 Å². The van der Waals surface area contributed by atoms with Crippen molar-refractivity contribution in [3.8, 4) is 0 Å². The maximum Gasteiger partial charge on any atom is 0.490 e. The lowest BCUT2D eigenvalue weighted by atomic mass is 9.74. The first kappa shape index (κ1) is 42.3. The first-order valence-corrected chi connectivity index (χ1v) is 13.8. The van der Waals surface area contributed by atoms with Gasteiger partial charge in [0.05, 0.1) is 11.1 Å². The van der Waals surface area contributed by atoms with Crippen LogP contribution in [0.5, 0.6) is 0 Å². The quantitative estimate of drug-likeness (QED) is 0.388. The van der Waals surface area contributed by atoms with Gasteiger partial charge in [0, 0.05) is 58.6 Å². The van der Waals surface area contributed by atoms with Crippen molar-refractivity contribution in [2.45, 2.75) is 37.9 Å². The standard InChI is InChI=1S/C22H29N5O.3C2HF3O2/c1-25(2)21(28)22-10-7-13-26(16-19-8-3-5-11-23-19)14-18(22)15-27(17-22)20-9-4-6-12-24-20;3*3-2(4,5)1(6)7/h3-6,8-9,11-12,18H,7,10,13-17H2,1-2H3;3*(H,6,7)/t18-,22-;;;/m0.../s1. The highest BCUT2D eigenvalue weighted by molar-refractivity contribution is 5.84. The molecule has 3 N–H and O–H groups in total. The summed E-state index contributed by atoms with van der Waals surface area (Å²) in [5.74, 6) is -6.75. The van der Waals surface area contributed by atoms with E-state index in [0.29, 0.717) is 0 Å². The number of carboxylic acids is 3. The predicted molar refractivity (Wildman–Crippen MR) is 151 cm³/mol.